The number of urea groups is 1. The van der Waals surface area contributed by atoms with Gasteiger partial charge in [0.15, 0.2) is 5.78 Å². The molecule has 0 radical (unpaired) electrons. The van der Waals surface area contributed by atoms with Gasteiger partial charge in [-0.15, -0.1) is 0 Å². The fourth-order valence-electron chi connectivity index (χ4n) is 2.13. The van der Waals surface area contributed by atoms with Crippen molar-refractivity contribution in [3.63, 3.8) is 0 Å². The molecule has 130 valence electrons. The minimum absolute atomic E-state index is 0.0358. The SMILES string of the molecule is CCOc1ccc(NC(=O)Nc2cccc(C(C)=O)c2)c([N+](=O)[O-])c1. The van der Waals surface area contributed by atoms with E-state index in [1.807, 2.05) is 0 Å². The normalized spacial score (nSPS) is 10.0. The van der Waals surface area contributed by atoms with Crippen LogP contribution in [0.2, 0.25) is 0 Å². The standard InChI is InChI=1S/C17H17N3O5/c1-3-25-14-7-8-15(16(10-14)20(23)24)19-17(22)18-13-6-4-5-12(9-13)11(2)21/h4-10H,3H2,1-2H3,(H2,18,19,22). The number of benzene rings is 2. The number of ether oxygens (including phenoxy) is 1. The molecule has 0 spiro atoms. The van der Waals surface area contributed by atoms with Gasteiger partial charge in [-0.25, -0.2) is 4.79 Å². The number of carbonyl (C=O) groups excluding carboxylic acids is 2. The van der Waals surface area contributed by atoms with Crippen LogP contribution in [-0.2, 0) is 0 Å². The molecule has 2 aromatic rings. The first-order chi connectivity index (χ1) is 11.9. The summed E-state index contributed by atoms with van der Waals surface area (Å²) in [5, 5.41) is 16.1. The van der Waals surface area contributed by atoms with Crippen molar-refractivity contribution in [2.45, 2.75) is 13.8 Å². The number of anilines is 2. The number of nitrogens with zero attached hydrogens (tertiary/aromatic N) is 1. The Hall–Kier alpha value is -3.42. The average Bonchev–Trinajstić information content (AvgIpc) is 2.56. The van der Waals surface area contributed by atoms with Crippen molar-refractivity contribution in [1.82, 2.24) is 0 Å². The van der Waals surface area contributed by atoms with Crippen molar-refractivity contribution in [1.29, 1.82) is 0 Å². The van der Waals surface area contributed by atoms with Gasteiger partial charge in [0.2, 0.25) is 0 Å². The Balaban J connectivity index is 2.16. The average molecular weight is 343 g/mol. The van der Waals surface area contributed by atoms with Crippen LogP contribution in [0.5, 0.6) is 5.75 Å². The predicted molar refractivity (Wildman–Crippen MR) is 93.4 cm³/mol. The highest BCUT2D eigenvalue weighted by Gasteiger charge is 2.17. The summed E-state index contributed by atoms with van der Waals surface area (Å²) in [5.41, 5.74) is 0.607. The molecule has 8 nitrogen and oxygen atoms in total. The zero-order valence-electron chi connectivity index (χ0n) is 13.7. The van der Waals surface area contributed by atoms with Crippen molar-refractivity contribution in [2.75, 3.05) is 17.2 Å². The number of nitro benzene ring substituents is 1. The van der Waals surface area contributed by atoms with Crippen LogP contribution in [0.25, 0.3) is 0 Å². The highest BCUT2D eigenvalue weighted by molar-refractivity contribution is 6.02. The first-order valence-corrected chi connectivity index (χ1v) is 7.51. The number of rotatable bonds is 6. The molecular formula is C17H17N3O5. The molecule has 0 unspecified atom stereocenters. The topological polar surface area (TPSA) is 111 Å². The third-order valence-electron chi connectivity index (χ3n) is 3.25. The van der Waals surface area contributed by atoms with E-state index in [1.54, 1.807) is 25.1 Å². The lowest BCUT2D eigenvalue weighted by atomic mass is 10.1. The molecule has 0 aromatic heterocycles. The second-order valence-electron chi connectivity index (χ2n) is 5.09. The third-order valence-corrected chi connectivity index (χ3v) is 3.25. The Labute approximate surface area is 144 Å². The summed E-state index contributed by atoms with van der Waals surface area (Å²) in [7, 11) is 0. The molecule has 0 fully saturated rings. The Morgan fingerprint density at radius 1 is 1.16 bits per heavy atom. The van der Waals surface area contributed by atoms with Gasteiger partial charge in [-0.2, -0.15) is 0 Å². The second kappa shape index (κ2) is 7.91. The van der Waals surface area contributed by atoms with Crippen LogP contribution in [0.3, 0.4) is 0 Å². The Kier molecular flexibility index (Phi) is 5.67. The first kappa shape index (κ1) is 17.9. The van der Waals surface area contributed by atoms with Crippen LogP contribution in [0, 0.1) is 10.1 Å². The summed E-state index contributed by atoms with van der Waals surface area (Å²) in [6.45, 7) is 3.56. The van der Waals surface area contributed by atoms with Crippen molar-refractivity contribution in [3.05, 3.63) is 58.1 Å². The maximum atomic E-state index is 12.1. The van der Waals surface area contributed by atoms with Crippen LogP contribution < -0.4 is 15.4 Å². The second-order valence-corrected chi connectivity index (χ2v) is 5.09. The number of hydrogen-bond acceptors (Lipinski definition) is 5. The van der Waals surface area contributed by atoms with E-state index in [2.05, 4.69) is 10.6 Å². The molecule has 0 aliphatic heterocycles. The lowest BCUT2D eigenvalue weighted by Crippen LogP contribution is -2.20. The lowest BCUT2D eigenvalue weighted by molar-refractivity contribution is -0.384. The van der Waals surface area contributed by atoms with Crippen molar-refractivity contribution in [2.24, 2.45) is 0 Å². The number of carbonyl (C=O) groups is 2. The van der Waals surface area contributed by atoms with E-state index in [-0.39, 0.29) is 17.2 Å². The third kappa shape index (κ3) is 4.77. The highest BCUT2D eigenvalue weighted by Crippen LogP contribution is 2.29. The van der Waals surface area contributed by atoms with Gasteiger partial charge >= 0.3 is 6.03 Å². The largest absolute Gasteiger partial charge is 0.494 e. The summed E-state index contributed by atoms with van der Waals surface area (Å²) in [6, 6.07) is 9.90. The predicted octanol–water partition coefficient (Wildman–Crippen LogP) is 3.84. The molecule has 0 saturated heterocycles. The molecule has 25 heavy (non-hydrogen) atoms. The maximum Gasteiger partial charge on any atom is 0.323 e. The molecule has 2 rings (SSSR count). The van der Waals surface area contributed by atoms with Gasteiger partial charge in [0.1, 0.15) is 11.4 Å². The fourth-order valence-corrected chi connectivity index (χ4v) is 2.13. The van der Waals surface area contributed by atoms with E-state index in [0.717, 1.165) is 0 Å². The number of amides is 2. The molecule has 0 aliphatic carbocycles. The van der Waals surface area contributed by atoms with Gasteiger partial charge in [-0.1, -0.05) is 12.1 Å². The van der Waals surface area contributed by atoms with Gasteiger partial charge in [0, 0.05) is 11.3 Å². The van der Waals surface area contributed by atoms with Crippen LogP contribution in [0.1, 0.15) is 24.2 Å². The van der Waals surface area contributed by atoms with Crippen LogP contribution in [0.15, 0.2) is 42.5 Å². The van der Waals surface area contributed by atoms with Crippen molar-refractivity contribution < 1.29 is 19.2 Å². The molecule has 0 aliphatic rings. The first-order valence-electron chi connectivity index (χ1n) is 7.51. The number of hydrogen-bond donors (Lipinski definition) is 2. The molecule has 0 atom stereocenters. The van der Waals surface area contributed by atoms with Crippen molar-refractivity contribution in [3.8, 4) is 5.75 Å². The van der Waals surface area contributed by atoms with E-state index in [4.69, 9.17) is 4.74 Å². The quantitative estimate of drug-likeness (QED) is 0.470. The Morgan fingerprint density at radius 2 is 1.92 bits per heavy atom. The molecular weight excluding hydrogens is 326 g/mol. The lowest BCUT2D eigenvalue weighted by Gasteiger charge is -2.10. The van der Waals surface area contributed by atoms with Gasteiger partial charge in [0.25, 0.3) is 5.69 Å². The van der Waals surface area contributed by atoms with Crippen molar-refractivity contribution >= 4 is 28.9 Å². The van der Waals surface area contributed by atoms with Gasteiger partial charge in [-0.05, 0) is 38.1 Å². The summed E-state index contributed by atoms with van der Waals surface area (Å²) < 4.78 is 5.22. The zero-order chi connectivity index (χ0) is 18.4. The summed E-state index contributed by atoms with van der Waals surface area (Å²) in [4.78, 5) is 34.0. The van der Waals surface area contributed by atoms with Gasteiger partial charge in [0.05, 0.1) is 17.6 Å². The molecule has 2 aromatic carbocycles. The fraction of sp³-hybridized carbons (Fsp3) is 0.176. The Morgan fingerprint density at radius 3 is 2.56 bits per heavy atom. The minimum atomic E-state index is -0.659. The van der Waals surface area contributed by atoms with E-state index >= 15 is 0 Å². The van der Waals surface area contributed by atoms with Crippen LogP contribution in [0.4, 0.5) is 21.9 Å². The number of nitrogens with one attached hydrogen (secondary N) is 2. The number of nitro groups is 1. The monoisotopic (exact) mass is 343 g/mol. The summed E-state index contributed by atoms with van der Waals surface area (Å²) >= 11 is 0. The maximum absolute atomic E-state index is 12.1. The van der Waals surface area contributed by atoms with Gasteiger partial charge < -0.3 is 15.4 Å². The zero-order valence-corrected chi connectivity index (χ0v) is 13.7. The minimum Gasteiger partial charge on any atom is -0.494 e. The van der Waals surface area contributed by atoms with E-state index in [9.17, 15) is 19.7 Å². The smallest absolute Gasteiger partial charge is 0.323 e. The van der Waals surface area contributed by atoms with E-state index in [1.165, 1.54) is 31.2 Å². The Bertz CT molecular complexity index is 820. The van der Waals surface area contributed by atoms with Crippen LogP contribution in [-0.4, -0.2) is 23.3 Å². The van der Waals surface area contributed by atoms with Gasteiger partial charge in [-0.3, -0.25) is 14.9 Å². The van der Waals surface area contributed by atoms with Crippen LogP contribution >= 0.6 is 0 Å². The number of Topliss-reactive ketones (excluding diaryl/α,β-unsaturated/α-hetero) is 1. The highest BCUT2D eigenvalue weighted by atomic mass is 16.6. The molecule has 0 heterocycles. The number of ketones is 1. The summed E-state index contributed by atoms with van der Waals surface area (Å²) in [6.07, 6.45) is 0. The van der Waals surface area contributed by atoms with E-state index < -0.39 is 11.0 Å². The molecule has 2 amide bonds. The molecule has 8 heteroatoms. The molecule has 2 N–H and O–H groups in total. The molecule has 0 bridgehead atoms. The molecule has 0 saturated carbocycles. The van der Waals surface area contributed by atoms with E-state index in [0.29, 0.717) is 23.6 Å². The summed E-state index contributed by atoms with van der Waals surface area (Å²) in [5.74, 6) is 0.209.